The van der Waals surface area contributed by atoms with Gasteiger partial charge in [0.15, 0.2) is 0 Å². The van der Waals surface area contributed by atoms with E-state index in [4.69, 9.17) is 11.6 Å². The van der Waals surface area contributed by atoms with Gasteiger partial charge in [-0.25, -0.2) is 0 Å². The summed E-state index contributed by atoms with van der Waals surface area (Å²) >= 11 is 5.86. The molecule has 2 heteroatoms. The highest BCUT2D eigenvalue weighted by Gasteiger charge is 2.40. The van der Waals surface area contributed by atoms with Crippen molar-refractivity contribution in [2.75, 3.05) is 19.0 Å². The second kappa shape index (κ2) is 5.08. The number of rotatable bonds is 7. The van der Waals surface area contributed by atoms with Gasteiger partial charge in [0.25, 0.3) is 0 Å². The SMILES string of the molecule is CCCCCNCC1(CCl)CC1. The largest absolute Gasteiger partial charge is 0.316 e. The van der Waals surface area contributed by atoms with Crippen LogP contribution in [0, 0.1) is 5.41 Å². The van der Waals surface area contributed by atoms with Crippen molar-refractivity contribution in [1.82, 2.24) is 5.32 Å². The van der Waals surface area contributed by atoms with Gasteiger partial charge in [-0.1, -0.05) is 19.8 Å². The van der Waals surface area contributed by atoms with Gasteiger partial charge in [0.2, 0.25) is 0 Å². The van der Waals surface area contributed by atoms with Gasteiger partial charge in [-0.2, -0.15) is 0 Å². The lowest BCUT2D eigenvalue weighted by Crippen LogP contribution is -2.25. The highest BCUT2D eigenvalue weighted by Crippen LogP contribution is 2.45. The fourth-order valence-corrected chi connectivity index (χ4v) is 1.75. The first kappa shape index (κ1) is 10.3. The van der Waals surface area contributed by atoms with E-state index in [9.17, 15) is 0 Å². The molecule has 0 spiro atoms. The summed E-state index contributed by atoms with van der Waals surface area (Å²) < 4.78 is 0. The monoisotopic (exact) mass is 189 g/mol. The number of hydrogen-bond donors (Lipinski definition) is 1. The summed E-state index contributed by atoms with van der Waals surface area (Å²) in [5, 5.41) is 3.49. The molecule has 0 amide bonds. The first-order valence-corrected chi connectivity index (χ1v) is 5.63. The van der Waals surface area contributed by atoms with Crippen molar-refractivity contribution in [1.29, 1.82) is 0 Å². The second-order valence-electron chi connectivity index (χ2n) is 4.02. The number of unbranched alkanes of at least 4 members (excludes halogenated alkanes) is 2. The molecule has 0 bridgehead atoms. The highest BCUT2D eigenvalue weighted by atomic mass is 35.5. The molecule has 0 saturated heterocycles. The predicted molar refractivity (Wildman–Crippen MR) is 54.8 cm³/mol. The molecule has 1 aliphatic rings. The minimum Gasteiger partial charge on any atom is -0.316 e. The molecule has 0 radical (unpaired) electrons. The van der Waals surface area contributed by atoms with Crippen LogP contribution < -0.4 is 5.32 Å². The Hall–Kier alpha value is 0.250. The third-order valence-electron chi connectivity index (χ3n) is 2.70. The molecule has 72 valence electrons. The maximum atomic E-state index is 5.86. The molecule has 1 nitrogen and oxygen atoms in total. The quantitative estimate of drug-likeness (QED) is 0.480. The molecule has 0 aliphatic heterocycles. The predicted octanol–water partition coefficient (Wildman–Crippen LogP) is 2.79. The molecule has 0 heterocycles. The minimum atomic E-state index is 0.494. The van der Waals surface area contributed by atoms with Crippen LogP contribution in [0.3, 0.4) is 0 Å². The van der Waals surface area contributed by atoms with Crippen molar-refractivity contribution in [3.63, 3.8) is 0 Å². The van der Waals surface area contributed by atoms with E-state index in [0.29, 0.717) is 5.41 Å². The van der Waals surface area contributed by atoms with Gasteiger partial charge in [0.1, 0.15) is 0 Å². The molecule has 1 N–H and O–H groups in total. The Morgan fingerprint density at radius 3 is 2.58 bits per heavy atom. The summed E-state index contributed by atoms with van der Waals surface area (Å²) in [6.07, 6.45) is 6.63. The zero-order chi connectivity index (χ0) is 8.86. The summed E-state index contributed by atoms with van der Waals surface area (Å²) in [5.41, 5.74) is 0.494. The van der Waals surface area contributed by atoms with Crippen molar-refractivity contribution >= 4 is 11.6 Å². The van der Waals surface area contributed by atoms with E-state index < -0.39 is 0 Å². The van der Waals surface area contributed by atoms with Crippen LogP contribution in [-0.4, -0.2) is 19.0 Å². The van der Waals surface area contributed by atoms with Gasteiger partial charge in [-0.15, -0.1) is 11.6 Å². The summed E-state index contributed by atoms with van der Waals surface area (Å²) in [4.78, 5) is 0. The summed E-state index contributed by atoms with van der Waals surface area (Å²) in [7, 11) is 0. The summed E-state index contributed by atoms with van der Waals surface area (Å²) in [5.74, 6) is 0.841. The Kier molecular flexibility index (Phi) is 4.38. The van der Waals surface area contributed by atoms with Crippen LogP contribution in [0.2, 0.25) is 0 Å². The lowest BCUT2D eigenvalue weighted by atomic mass is 10.1. The first-order valence-electron chi connectivity index (χ1n) is 5.10. The molecule has 0 aromatic rings. The molecule has 0 aromatic carbocycles. The van der Waals surface area contributed by atoms with E-state index in [0.717, 1.165) is 12.4 Å². The summed E-state index contributed by atoms with van der Waals surface area (Å²) in [6, 6.07) is 0. The van der Waals surface area contributed by atoms with Crippen LogP contribution in [0.5, 0.6) is 0 Å². The molecule has 1 rings (SSSR count). The van der Waals surface area contributed by atoms with E-state index in [1.54, 1.807) is 0 Å². The first-order chi connectivity index (χ1) is 5.83. The molecule has 1 fully saturated rings. The topological polar surface area (TPSA) is 12.0 Å². The van der Waals surface area contributed by atoms with Crippen LogP contribution in [0.4, 0.5) is 0 Å². The standard InChI is InChI=1S/C10H20ClN/c1-2-3-4-7-12-9-10(8-11)5-6-10/h12H,2-9H2,1H3. The molecule has 12 heavy (non-hydrogen) atoms. The van der Waals surface area contributed by atoms with Crippen molar-refractivity contribution in [2.45, 2.75) is 39.0 Å². The van der Waals surface area contributed by atoms with Gasteiger partial charge in [-0.3, -0.25) is 0 Å². The van der Waals surface area contributed by atoms with Crippen LogP contribution >= 0.6 is 11.6 Å². The van der Waals surface area contributed by atoms with E-state index in [1.165, 1.54) is 38.6 Å². The maximum Gasteiger partial charge on any atom is 0.0292 e. The van der Waals surface area contributed by atoms with Crippen molar-refractivity contribution in [2.24, 2.45) is 5.41 Å². The normalized spacial score (nSPS) is 19.5. The average Bonchev–Trinajstić information content (AvgIpc) is 2.85. The smallest absolute Gasteiger partial charge is 0.0292 e. The average molecular weight is 190 g/mol. The van der Waals surface area contributed by atoms with E-state index in [2.05, 4.69) is 12.2 Å². The molecular formula is C10H20ClN. The van der Waals surface area contributed by atoms with Crippen molar-refractivity contribution in [3.8, 4) is 0 Å². The van der Waals surface area contributed by atoms with E-state index in [1.807, 2.05) is 0 Å². The second-order valence-corrected chi connectivity index (χ2v) is 4.28. The summed E-state index contributed by atoms with van der Waals surface area (Å²) in [6.45, 7) is 4.55. The molecular weight excluding hydrogens is 170 g/mol. The van der Waals surface area contributed by atoms with E-state index in [-0.39, 0.29) is 0 Å². The molecule has 1 aliphatic carbocycles. The maximum absolute atomic E-state index is 5.86. The Morgan fingerprint density at radius 1 is 1.33 bits per heavy atom. The Bertz CT molecular complexity index is 121. The zero-order valence-corrected chi connectivity index (χ0v) is 8.79. The molecule has 0 aromatic heterocycles. The Morgan fingerprint density at radius 2 is 2.08 bits per heavy atom. The van der Waals surface area contributed by atoms with Crippen LogP contribution in [0.15, 0.2) is 0 Å². The third kappa shape index (κ3) is 3.32. The third-order valence-corrected chi connectivity index (χ3v) is 3.26. The van der Waals surface area contributed by atoms with Crippen molar-refractivity contribution < 1.29 is 0 Å². The molecule has 0 atom stereocenters. The number of nitrogens with one attached hydrogen (secondary N) is 1. The van der Waals surface area contributed by atoms with Gasteiger partial charge in [0.05, 0.1) is 0 Å². The highest BCUT2D eigenvalue weighted by molar-refractivity contribution is 6.18. The Balaban J connectivity index is 1.89. The Labute approximate surface area is 80.9 Å². The van der Waals surface area contributed by atoms with Gasteiger partial charge in [-0.05, 0) is 31.2 Å². The van der Waals surface area contributed by atoms with Crippen molar-refractivity contribution in [3.05, 3.63) is 0 Å². The van der Waals surface area contributed by atoms with Gasteiger partial charge in [0, 0.05) is 12.4 Å². The van der Waals surface area contributed by atoms with Crippen LogP contribution in [0.1, 0.15) is 39.0 Å². The van der Waals surface area contributed by atoms with Gasteiger partial charge >= 0.3 is 0 Å². The van der Waals surface area contributed by atoms with Crippen LogP contribution in [0.25, 0.3) is 0 Å². The lowest BCUT2D eigenvalue weighted by Gasteiger charge is -2.11. The fourth-order valence-electron chi connectivity index (χ4n) is 1.39. The molecule has 0 unspecified atom stereocenters. The lowest BCUT2D eigenvalue weighted by molar-refractivity contribution is 0.494. The van der Waals surface area contributed by atoms with Crippen LogP contribution in [-0.2, 0) is 0 Å². The molecule has 1 saturated carbocycles. The zero-order valence-electron chi connectivity index (χ0n) is 8.03. The van der Waals surface area contributed by atoms with E-state index >= 15 is 0 Å². The number of alkyl halides is 1. The number of halogens is 1. The number of hydrogen-bond acceptors (Lipinski definition) is 1. The minimum absolute atomic E-state index is 0.494. The van der Waals surface area contributed by atoms with Gasteiger partial charge < -0.3 is 5.32 Å². The fraction of sp³-hybridized carbons (Fsp3) is 1.00.